The minimum atomic E-state index is -0.267. The van der Waals surface area contributed by atoms with Gasteiger partial charge < -0.3 is 26.5 Å². The van der Waals surface area contributed by atoms with E-state index in [1.807, 2.05) is 24.3 Å². The second-order valence-electron chi connectivity index (χ2n) is 6.18. The zero-order valence-electron chi connectivity index (χ0n) is 16.3. The normalized spacial score (nSPS) is 11.3. The number of rotatable bonds is 10. The van der Waals surface area contributed by atoms with Crippen molar-refractivity contribution < 1.29 is 9.90 Å². The lowest BCUT2D eigenvalue weighted by Crippen LogP contribution is -2.16. The summed E-state index contributed by atoms with van der Waals surface area (Å²) in [4.78, 5) is 16.4. The Labute approximate surface area is 170 Å². The smallest absolute Gasteiger partial charge is 0.248 e. The molecule has 7 heteroatoms. The molecule has 0 unspecified atom stereocenters. The molecule has 1 aromatic heterocycles. The van der Waals surface area contributed by atoms with Gasteiger partial charge >= 0.3 is 0 Å². The molecule has 7 nitrogen and oxygen atoms in total. The van der Waals surface area contributed by atoms with Crippen LogP contribution >= 0.6 is 0 Å². The number of anilines is 1. The van der Waals surface area contributed by atoms with Crippen molar-refractivity contribution >= 4 is 29.5 Å². The third-order valence-corrected chi connectivity index (χ3v) is 3.91. The summed E-state index contributed by atoms with van der Waals surface area (Å²) < 4.78 is 0. The van der Waals surface area contributed by atoms with Crippen LogP contribution in [0.2, 0.25) is 0 Å². The van der Waals surface area contributed by atoms with Crippen molar-refractivity contribution in [2.45, 2.75) is 6.54 Å². The highest BCUT2D eigenvalue weighted by molar-refractivity contribution is 6.10. The molecule has 0 saturated carbocycles. The number of aromatic nitrogens is 1. The molecular formula is C22H25N5O2. The largest absolute Gasteiger partial charge is 0.512 e. The van der Waals surface area contributed by atoms with Gasteiger partial charge in [0, 0.05) is 61.3 Å². The van der Waals surface area contributed by atoms with Crippen molar-refractivity contribution in [2.24, 2.45) is 0 Å². The van der Waals surface area contributed by atoms with Gasteiger partial charge in [-0.25, -0.2) is 0 Å². The molecule has 29 heavy (non-hydrogen) atoms. The van der Waals surface area contributed by atoms with Crippen molar-refractivity contribution in [3.05, 3.63) is 84.0 Å². The predicted molar refractivity (Wildman–Crippen MR) is 118 cm³/mol. The van der Waals surface area contributed by atoms with Gasteiger partial charge in [0.2, 0.25) is 5.91 Å². The van der Waals surface area contributed by atoms with E-state index in [1.165, 1.54) is 12.3 Å². The summed E-state index contributed by atoms with van der Waals surface area (Å²) >= 11 is 0. The minimum Gasteiger partial charge on any atom is -0.512 e. The molecule has 0 spiro atoms. The summed E-state index contributed by atoms with van der Waals surface area (Å²) in [5.74, 6) is -0.178. The van der Waals surface area contributed by atoms with Crippen LogP contribution in [0.4, 0.5) is 5.69 Å². The van der Waals surface area contributed by atoms with Crippen molar-refractivity contribution in [1.82, 2.24) is 15.6 Å². The van der Waals surface area contributed by atoms with Crippen LogP contribution in [0.15, 0.2) is 67.3 Å². The molecule has 1 heterocycles. The van der Waals surface area contributed by atoms with Gasteiger partial charge in [-0.3, -0.25) is 9.78 Å². The molecule has 1 aromatic carbocycles. The third-order valence-electron chi connectivity index (χ3n) is 3.91. The number of amides is 1. The molecule has 2 rings (SSSR count). The summed E-state index contributed by atoms with van der Waals surface area (Å²) in [6.45, 7) is 4.35. The van der Waals surface area contributed by atoms with Gasteiger partial charge in [0.15, 0.2) is 0 Å². The lowest BCUT2D eigenvalue weighted by Gasteiger charge is -2.07. The zero-order chi connectivity index (χ0) is 21.1. The molecule has 1 amide bonds. The molecule has 0 aliphatic carbocycles. The topological polar surface area (TPSA) is 110 Å². The summed E-state index contributed by atoms with van der Waals surface area (Å²) in [5.41, 5.74) is 3.92. The summed E-state index contributed by atoms with van der Waals surface area (Å²) in [5, 5.41) is 25.4. The van der Waals surface area contributed by atoms with Crippen LogP contribution in [0.5, 0.6) is 0 Å². The molecule has 0 saturated heterocycles. The molecule has 5 N–H and O–H groups in total. The summed E-state index contributed by atoms with van der Waals surface area (Å²) in [7, 11) is 1.76. The van der Waals surface area contributed by atoms with Gasteiger partial charge in [0.25, 0.3) is 0 Å². The standard InChI is InChI=1S/C22H25N5O2/c1-16(28)12-26-13-17-3-6-20(7-4-17)27-22(29)8-5-18-15-25-10-9-21(18)19(11-23)14-24-2/h3-11,14-15,23-24,26,28H,1,12-13H2,2H3,(H,27,29)/b8-5+,19-14+,23-11?. The molecule has 0 radical (unpaired) electrons. The fourth-order valence-electron chi connectivity index (χ4n) is 2.56. The number of carbonyl (C=O) groups excluding carboxylic acids is 1. The Kier molecular flexibility index (Phi) is 8.34. The van der Waals surface area contributed by atoms with Crippen LogP contribution in [0.3, 0.4) is 0 Å². The molecule has 0 aliphatic rings. The molecular weight excluding hydrogens is 366 g/mol. The maximum Gasteiger partial charge on any atom is 0.248 e. The Hall–Kier alpha value is -3.71. The number of benzene rings is 1. The number of nitrogens with zero attached hydrogens (tertiary/aromatic N) is 1. The number of pyridine rings is 1. The number of nitrogens with one attached hydrogen (secondary N) is 4. The number of allylic oxidation sites excluding steroid dienone is 1. The number of hydrogen-bond acceptors (Lipinski definition) is 6. The van der Waals surface area contributed by atoms with Crippen LogP contribution in [-0.4, -0.2) is 35.8 Å². The third kappa shape index (κ3) is 7.08. The first-order valence-corrected chi connectivity index (χ1v) is 9.01. The fourth-order valence-corrected chi connectivity index (χ4v) is 2.56. The quantitative estimate of drug-likeness (QED) is 0.243. The molecule has 0 bridgehead atoms. The van der Waals surface area contributed by atoms with Crippen LogP contribution in [0, 0.1) is 5.41 Å². The molecule has 0 aliphatic heterocycles. The maximum absolute atomic E-state index is 12.3. The highest BCUT2D eigenvalue weighted by atomic mass is 16.3. The van der Waals surface area contributed by atoms with E-state index in [4.69, 9.17) is 10.5 Å². The SMILES string of the molecule is C=C(O)CNCc1ccc(NC(=O)/C=C/c2cnccc2/C(C=N)=C/NC)cc1. The van der Waals surface area contributed by atoms with E-state index < -0.39 is 0 Å². The van der Waals surface area contributed by atoms with E-state index in [0.29, 0.717) is 24.4 Å². The first kappa shape index (κ1) is 21.6. The Morgan fingerprint density at radius 1 is 1.28 bits per heavy atom. The first-order chi connectivity index (χ1) is 14.0. The Bertz CT molecular complexity index is 917. The highest BCUT2D eigenvalue weighted by Gasteiger charge is 2.05. The highest BCUT2D eigenvalue weighted by Crippen LogP contribution is 2.18. The Balaban J connectivity index is 2.01. The molecule has 0 fully saturated rings. The number of carbonyl (C=O) groups is 1. The van der Waals surface area contributed by atoms with E-state index in [1.54, 1.807) is 37.8 Å². The minimum absolute atomic E-state index is 0.0895. The summed E-state index contributed by atoms with van der Waals surface area (Å²) in [6, 6.07) is 9.21. The van der Waals surface area contributed by atoms with E-state index in [-0.39, 0.29) is 11.7 Å². The van der Waals surface area contributed by atoms with E-state index in [0.717, 1.165) is 16.7 Å². The number of hydrogen-bond donors (Lipinski definition) is 5. The van der Waals surface area contributed by atoms with Crippen LogP contribution in [0.1, 0.15) is 16.7 Å². The van der Waals surface area contributed by atoms with E-state index in [2.05, 4.69) is 27.5 Å². The monoisotopic (exact) mass is 391 g/mol. The van der Waals surface area contributed by atoms with E-state index in [9.17, 15) is 4.79 Å². The van der Waals surface area contributed by atoms with Crippen LogP contribution < -0.4 is 16.0 Å². The van der Waals surface area contributed by atoms with Gasteiger partial charge in [0.1, 0.15) is 0 Å². The van der Waals surface area contributed by atoms with Crippen LogP contribution in [-0.2, 0) is 11.3 Å². The fraction of sp³-hybridized carbons (Fsp3) is 0.136. The first-order valence-electron chi connectivity index (χ1n) is 9.01. The van der Waals surface area contributed by atoms with Crippen molar-refractivity contribution in [3.8, 4) is 0 Å². The van der Waals surface area contributed by atoms with Crippen molar-refractivity contribution in [2.75, 3.05) is 18.9 Å². The average molecular weight is 391 g/mol. The van der Waals surface area contributed by atoms with Crippen LogP contribution in [0.25, 0.3) is 11.6 Å². The molecule has 2 aromatic rings. The van der Waals surface area contributed by atoms with Gasteiger partial charge in [-0.1, -0.05) is 18.7 Å². The second-order valence-corrected chi connectivity index (χ2v) is 6.18. The maximum atomic E-state index is 12.3. The van der Waals surface area contributed by atoms with Gasteiger partial charge in [-0.2, -0.15) is 0 Å². The van der Waals surface area contributed by atoms with E-state index >= 15 is 0 Å². The average Bonchev–Trinajstić information content (AvgIpc) is 2.72. The lowest BCUT2D eigenvalue weighted by atomic mass is 10.0. The number of aliphatic hydroxyl groups excluding tert-OH is 1. The number of aliphatic hydroxyl groups is 1. The van der Waals surface area contributed by atoms with Gasteiger partial charge in [-0.15, -0.1) is 0 Å². The van der Waals surface area contributed by atoms with Crippen molar-refractivity contribution in [1.29, 1.82) is 5.41 Å². The summed E-state index contributed by atoms with van der Waals surface area (Å²) in [6.07, 6.45) is 9.36. The molecule has 150 valence electrons. The van der Waals surface area contributed by atoms with Gasteiger partial charge in [0.05, 0.1) is 12.3 Å². The van der Waals surface area contributed by atoms with Crippen molar-refractivity contribution in [3.63, 3.8) is 0 Å². The Morgan fingerprint density at radius 2 is 2.03 bits per heavy atom. The predicted octanol–water partition coefficient (Wildman–Crippen LogP) is 3.10. The van der Waals surface area contributed by atoms with Gasteiger partial charge in [-0.05, 0) is 35.4 Å². The lowest BCUT2D eigenvalue weighted by molar-refractivity contribution is -0.111. The zero-order valence-corrected chi connectivity index (χ0v) is 16.3. The Morgan fingerprint density at radius 3 is 2.69 bits per heavy atom. The molecule has 0 atom stereocenters. The second kappa shape index (κ2) is 11.2.